The summed E-state index contributed by atoms with van der Waals surface area (Å²) in [6.45, 7) is 0. The Morgan fingerprint density at radius 2 is 1.95 bits per heavy atom. The van der Waals surface area contributed by atoms with Crippen LogP contribution in [0.25, 0.3) is 0 Å². The van der Waals surface area contributed by atoms with Gasteiger partial charge in [-0.05, 0) is 11.6 Å². The predicted octanol–water partition coefficient (Wildman–Crippen LogP) is 2.91. The van der Waals surface area contributed by atoms with Gasteiger partial charge in [0.1, 0.15) is 23.1 Å². The number of nitrogens with zero attached hydrogens (tertiary/aromatic N) is 1. The maximum atomic E-state index is 9.43. The molecule has 3 rings (SSSR count). The largest absolute Gasteiger partial charge is 0.497 e. The maximum Gasteiger partial charge on any atom is 0.205 e. The van der Waals surface area contributed by atoms with Crippen molar-refractivity contribution in [2.24, 2.45) is 5.73 Å². The zero-order valence-electron chi connectivity index (χ0n) is 11.5. The Bertz CT molecular complexity index is 745. The highest BCUT2D eigenvalue weighted by atomic mass is 16.5. The Morgan fingerprint density at radius 3 is 2.62 bits per heavy atom. The van der Waals surface area contributed by atoms with Gasteiger partial charge in [0, 0.05) is 11.6 Å². The van der Waals surface area contributed by atoms with E-state index in [9.17, 15) is 5.26 Å². The molecule has 104 valence electrons. The first-order chi connectivity index (χ1) is 10.2. The zero-order chi connectivity index (χ0) is 14.8. The lowest BCUT2D eigenvalue weighted by Gasteiger charge is -2.26. The van der Waals surface area contributed by atoms with Gasteiger partial charge >= 0.3 is 0 Å². The van der Waals surface area contributed by atoms with E-state index in [2.05, 4.69) is 6.07 Å². The van der Waals surface area contributed by atoms with Gasteiger partial charge < -0.3 is 15.2 Å². The molecule has 0 aromatic heterocycles. The number of ether oxygens (including phenoxy) is 2. The van der Waals surface area contributed by atoms with E-state index in [1.807, 2.05) is 42.5 Å². The van der Waals surface area contributed by atoms with Crippen molar-refractivity contribution in [3.05, 3.63) is 71.1 Å². The summed E-state index contributed by atoms with van der Waals surface area (Å²) in [4.78, 5) is 0. The molecule has 4 nitrogen and oxygen atoms in total. The molecule has 1 aliphatic rings. The summed E-state index contributed by atoms with van der Waals surface area (Å²) in [6, 6.07) is 17.5. The van der Waals surface area contributed by atoms with E-state index < -0.39 is 0 Å². The Labute approximate surface area is 123 Å². The molecule has 2 N–H and O–H groups in total. The lowest BCUT2D eigenvalue weighted by Crippen LogP contribution is -2.21. The van der Waals surface area contributed by atoms with E-state index in [0.29, 0.717) is 17.1 Å². The van der Waals surface area contributed by atoms with Crippen LogP contribution in [0.1, 0.15) is 17.0 Å². The quantitative estimate of drug-likeness (QED) is 0.917. The van der Waals surface area contributed by atoms with E-state index in [-0.39, 0.29) is 11.8 Å². The molecular weight excluding hydrogens is 264 g/mol. The maximum absolute atomic E-state index is 9.43. The molecule has 0 amide bonds. The minimum atomic E-state index is -0.217. The molecule has 0 saturated heterocycles. The molecule has 2 aromatic carbocycles. The van der Waals surface area contributed by atoms with Crippen LogP contribution >= 0.6 is 0 Å². The topological polar surface area (TPSA) is 68.3 Å². The Balaban J connectivity index is 2.20. The number of hydrogen-bond acceptors (Lipinski definition) is 4. The van der Waals surface area contributed by atoms with Crippen LogP contribution in [0, 0.1) is 11.3 Å². The summed E-state index contributed by atoms with van der Waals surface area (Å²) in [5.74, 6) is 1.24. The second kappa shape index (κ2) is 5.22. The van der Waals surface area contributed by atoms with Crippen LogP contribution in [0.2, 0.25) is 0 Å². The summed E-state index contributed by atoms with van der Waals surface area (Å²) in [7, 11) is 1.60. The number of nitrogens with two attached hydrogens (primary N) is 1. The van der Waals surface area contributed by atoms with Crippen molar-refractivity contribution in [3.63, 3.8) is 0 Å². The molecule has 0 fully saturated rings. The molecule has 0 spiro atoms. The normalized spacial score (nSPS) is 16.7. The minimum Gasteiger partial charge on any atom is -0.497 e. The highest BCUT2D eigenvalue weighted by Gasteiger charge is 2.30. The van der Waals surface area contributed by atoms with E-state index in [1.54, 1.807) is 13.2 Å². The molecule has 1 atom stereocenters. The highest BCUT2D eigenvalue weighted by Crippen LogP contribution is 2.43. The van der Waals surface area contributed by atoms with Crippen LogP contribution in [0.15, 0.2) is 60.0 Å². The first kappa shape index (κ1) is 13.1. The summed E-state index contributed by atoms with van der Waals surface area (Å²) in [5, 5.41) is 9.43. The van der Waals surface area contributed by atoms with Crippen molar-refractivity contribution in [3.8, 4) is 17.6 Å². The number of rotatable bonds is 2. The molecule has 2 aromatic rings. The van der Waals surface area contributed by atoms with E-state index in [4.69, 9.17) is 15.2 Å². The molecule has 0 radical (unpaired) electrons. The van der Waals surface area contributed by atoms with Gasteiger partial charge in [-0.1, -0.05) is 36.4 Å². The van der Waals surface area contributed by atoms with Gasteiger partial charge in [0.2, 0.25) is 5.88 Å². The van der Waals surface area contributed by atoms with E-state index in [1.165, 1.54) is 0 Å². The third kappa shape index (κ3) is 2.19. The standard InChI is InChI=1S/C17H14N2O2/c1-20-12-7-8-13-15(9-12)21-17(19)14(10-18)16(13)11-5-3-2-4-6-11/h2-9,16H,19H2,1H3/t16-/m0/s1. The Hall–Kier alpha value is -2.93. The number of fused-ring (bicyclic) bond motifs is 1. The first-order valence-corrected chi connectivity index (χ1v) is 6.55. The van der Waals surface area contributed by atoms with Gasteiger partial charge in [-0.2, -0.15) is 5.26 Å². The second-order valence-corrected chi connectivity index (χ2v) is 4.74. The Morgan fingerprint density at radius 1 is 1.19 bits per heavy atom. The van der Waals surface area contributed by atoms with Crippen LogP contribution < -0.4 is 15.2 Å². The molecule has 4 heteroatoms. The van der Waals surface area contributed by atoms with Crippen LogP contribution in [-0.4, -0.2) is 7.11 Å². The number of benzene rings is 2. The number of methoxy groups -OCH3 is 1. The summed E-state index contributed by atoms with van der Waals surface area (Å²) in [6.07, 6.45) is 0. The third-order valence-electron chi connectivity index (χ3n) is 3.56. The van der Waals surface area contributed by atoms with Crippen molar-refractivity contribution >= 4 is 0 Å². The first-order valence-electron chi connectivity index (χ1n) is 6.55. The van der Waals surface area contributed by atoms with E-state index >= 15 is 0 Å². The predicted molar refractivity (Wildman–Crippen MR) is 78.7 cm³/mol. The van der Waals surface area contributed by atoms with Gasteiger partial charge in [-0.3, -0.25) is 0 Å². The summed E-state index contributed by atoms with van der Waals surface area (Å²) in [5.41, 5.74) is 8.26. The van der Waals surface area contributed by atoms with Crippen LogP contribution in [0.3, 0.4) is 0 Å². The lowest BCUT2D eigenvalue weighted by molar-refractivity contribution is 0.381. The molecule has 21 heavy (non-hydrogen) atoms. The van der Waals surface area contributed by atoms with Crippen molar-refractivity contribution in [2.75, 3.05) is 7.11 Å². The molecular formula is C17H14N2O2. The van der Waals surface area contributed by atoms with Crippen molar-refractivity contribution in [1.29, 1.82) is 5.26 Å². The highest BCUT2D eigenvalue weighted by molar-refractivity contribution is 5.57. The third-order valence-corrected chi connectivity index (χ3v) is 3.56. The van der Waals surface area contributed by atoms with E-state index in [0.717, 1.165) is 11.1 Å². The monoisotopic (exact) mass is 278 g/mol. The smallest absolute Gasteiger partial charge is 0.205 e. The SMILES string of the molecule is COc1ccc2c(c1)OC(N)=C(C#N)[C@H]2c1ccccc1. The number of hydrogen-bond donors (Lipinski definition) is 1. The van der Waals surface area contributed by atoms with Crippen LogP contribution in [-0.2, 0) is 0 Å². The van der Waals surface area contributed by atoms with Gasteiger partial charge in [-0.15, -0.1) is 0 Å². The second-order valence-electron chi connectivity index (χ2n) is 4.74. The van der Waals surface area contributed by atoms with Crippen molar-refractivity contribution in [2.45, 2.75) is 5.92 Å². The molecule has 1 heterocycles. The average Bonchev–Trinajstić information content (AvgIpc) is 2.53. The van der Waals surface area contributed by atoms with Crippen molar-refractivity contribution < 1.29 is 9.47 Å². The van der Waals surface area contributed by atoms with Gasteiger partial charge in [0.05, 0.1) is 13.0 Å². The van der Waals surface area contributed by atoms with Crippen molar-refractivity contribution in [1.82, 2.24) is 0 Å². The summed E-state index contributed by atoms with van der Waals surface area (Å²) >= 11 is 0. The Kier molecular flexibility index (Phi) is 3.25. The minimum absolute atomic E-state index is 0.145. The fourth-order valence-electron chi connectivity index (χ4n) is 2.55. The molecule has 0 aliphatic carbocycles. The number of allylic oxidation sites excluding steroid dienone is 1. The number of nitriles is 1. The average molecular weight is 278 g/mol. The fraction of sp³-hybridized carbons (Fsp3) is 0.118. The van der Waals surface area contributed by atoms with Gasteiger partial charge in [-0.25, -0.2) is 0 Å². The molecule has 0 saturated carbocycles. The zero-order valence-corrected chi connectivity index (χ0v) is 11.5. The fourth-order valence-corrected chi connectivity index (χ4v) is 2.55. The van der Waals surface area contributed by atoms with Gasteiger partial charge in [0.25, 0.3) is 0 Å². The molecule has 1 aliphatic heterocycles. The summed E-state index contributed by atoms with van der Waals surface area (Å²) < 4.78 is 10.8. The van der Waals surface area contributed by atoms with Gasteiger partial charge in [0.15, 0.2) is 0 Å². The lowest BCUT2D eigenvalue weighted by atomic mass is 9.83. The molecule has 0 unspecified atom stereocenters. The van der Waals surface area contributed by atoms with Crippen LogP contribution in [0.5, 0.6) is 11.5 Å². The van der Waals surface area contributed by atoms with Crippen LogP contribution in [0.4, 0.5) is 0 Å². The molecule has 0 bridgehead atoms.